The first-order chi connectivity index (χ1) is 12.3. The van der Waals surface area contributed by atoms with E-state index < -0.39 is 0 Å². The lowest BCUT2D eigenvalue weighted by Crippen LogP contribution is -2.29. The Bertz CT molecular complexity index is 840. The lowest BCUT2D eigenvalue weighted by molar-refractivity contribution is 0.215. The first-order valence-electron chi connectivity index (χ1n) is 8.20. The van der Waals surface area contributed by atoms with Crippen LogP contribution in [0.1, 0.15) is 11.1 Å². The summed E-state index contributed by atoms with van der Waals surface area (Å²) in [4.78, 5) is 4.79. The van der Waals surface area contributed by atoms with Crippen molar-refractivity contribution in [2.24, 2.45) is 5.16 Å². The normalized spacial score (nSPS) is 17.7. The molecular weight excluding hydrogens is 310 g/mol. The molecule has 1 aliphatic carbocycles. The van der Waals surface area contributed by atoms with Gasteiger partial charge in [0, 0.05) is 5.57 Å². The minimum atomic E-state index is -0.316. The topological polar surface area (TPSA) is 45.6 Å². The third kappa shape index (κ3) is 2.62. The fraction of sp³-hybridized carbons (Fsp3) is 0.0952. The van der Waals surface area contributed by atoms with Gasteiger partial charge in [0.1, 0.15) is 7.11 Å². The van der Waals surface area contributed by atoms with Crippen LogP contribution in [0.3, 0.4) is 0 Å². The Morgan fingerprint density at radius 1 is 0.920 bits per heavy atom. The van der Waals surface area contributed by atoms with Gasteiger partial charge in [-0.25, -0.2) is 0 Å². The van der Waals surface area contributed by atoms with Crippen molar-refractivity contribution in [2.75, 3.05) is 7.11 Å². The highest BCUT2D eigenvalue weighted by atomic mass is 16.6. The highest BCUT2D eigenvalue weighted by molar-refractivity contribution is 5.83. The molecule has 0 fully saturated rings. The second-order valence-electron chi connectivity index (χ2n) is 5.99. The highest BCUT2D eigenvalue weighted by Gasteiger charge is 2.34. The molecule has 1 heterocycles. The Labute approximate surface area is 147 Å². The van der Waals surface area contributed by atoms with Crippen molar-refractivity contribution in [3.63, 3.8) is 0 Å². The lowest BCUT2D eigenvalue weighted by Gasteiger charge is -2.32. The summed E-state index contributed by atoms with van der Waals surface area (Å²) in [5.41, 5.74) is 11.5. The minimum absolute atomic E-state index is 0.316. The van der Waals surface area contributed by atoms with E-state index in [4.69, 9.17) is 4.84 Å². The zero-order valence-corrected chi connectivity index (χ0v) is 13.9. The number of benzene rings is 2. The average molecular weight is 329 g/mol. The third-order valence-electron chi connectivity index (χ3n) is 4.59. The third-order valence-corrected chi connectivity index (χ3v) is 4.59. The molecule has 25 heavy (non-hydrogen) atoms. The van der Waals surface area contributed by atoms with E-state index in [0.29, 0.717) is 0 Å². The van der Waals surface area contributed by atoms with Crippen LogP contribution in [0.4, 0.5) is 0 Å². The van der Waals surface area contributed by atoms with Gasteiger partial charge < -0.3 is 10.3 Å². The fourth-order valence-corrected chi connectivity index (χ4v) is 3.36. The van der Waals surface area contributed by atoms with Gasteiger partial charge >= 0.3 is 0 Å². The van der Waals surface area contributed by atoms with E-state index in [1.165, 1.54) is 18.2 Å². The van der Waals surface area contributed by atoms with Crippen LogP contribution >= 0.6 is 0 Å². The van der Waals surface area contributed by atoms with Crippen LogP contribution in [0.2, 0.25) is 0 Å². The Morgan fingerprint density at radius 2 is 1.56 bits per heavy atom. The molecule has 0 atom stereocenters. The predicted octanol–water partition coefficient (Wildman–Crippen LogP) is 3.42. The van der Waals surface area contributed by atoms with Crippen molar-refractivity contribution in [2.45, 2.75) is 5.41 Å². The molecule has 0 bridgehead atoms. The van der Waals surface area contributed by atoms with Crippen LogP contribution in [0.25, 0.3) is 0 Å². The van der Waals surface area contributed by atoms with E-state index in [9.17, 15) is 0 Å². The molecule has 1 aliphatic heterocycles. The highest BCUT2D eigenvalue weighted by Crippen LogP contribution is 2.41. The van der Waals surface area contributed by atoms with Crippen LogP contribution in [-0.2, 0) is 10.3 Å². The van der Waals surface area contributed by atoms with Gasteiger partial charge in [-0.05, 0) is 17.2 Å². The quantitative estimate of drug-likeness (QED) is 0.667. The van der Waals surface area contributed by atoms with E-state index >= 15 is 0 Å². The van der Waals surface area contributed by atoms with E-state index in [2.05, 4.69) is 82.8 Å². The van der Waals surface area contributed by atoms with Gasteiger partial charge in [-0.3, -0.25) is 5.43 Å². The van der Waals surface area contributed by atoms with Crippen molar-refractivity contribution in [1.82, 2.24) is 10.9 Å². The number of hydrogen-bond acceptors (Lipinski definition) is 4. The molecular formula is C21H19N3O. The molecule has 2 aromatic carbocycles. The zero-order chi connectivity index (χ0) is 17.1. The smallest absolute Gasteiger partial charge is 0.106 e. The van der Waals surface area contributed by atoms with Crippen molar-refractivity contribution >= 4 is 6.21 Å². The number of nitrogens with one attached hydrogen (secondary N) is 2. The molecule has 4 nitrogen and oxygen atoms in total. The SMILES string of the molecule is CO/N=C\C1=C2C=CC(c3ccccc3)(c3ccccc3)C=C2NN1. The number of rotatable bonds is 4. The summed E-state index contributed by atoms with van der Waals surface area (Å²) in [5, 5.41) is 3.85. The number of hydrogen-bond donors (Lipinski definition) is 2. The van der Waals surface area contributed by atoms with Crippen LogP contribution in [0, 0.1) is 0 Å². The van der Waals surface area contributed by atoms with Crippen LogP contribution in [-0.4, -0.2) is 13.3 Å². The Morgan fingerprint density at radius 3 is 2.16 bits per heavy atom. The van der Waals surface area contributed by atoms with Gasteiger partial charge in [0.2, 0.25) is 0 Å². The molecule has 2 aromatic rings. The largest absolute Gasteiger partial charge is 0.399 e. The first kappa shape index (κ1) is 15.3. The van der Waals surface area contributed by atoms with Gasteiger partial charge in [-0.15, -0.1) is 0 Å². The standard InChI is InChI=1S/C21H19N3O/c1-25-22-15-20-18-12-13-21(14-19(18)23-24-20,16-8-4-2-5-9-16)17-10-6-3-7-11-17/h2-15,23-24H,1H3/b22-15-. The van der Waals surface area contributed by atoms with Crippen molar-refractivity contribution in [3.05, 3.63) is 107 Å². The van der Waals surface area contributed by atoms with Crippen molar-refractivity contribution < 1.29 is 4.84 Å². The minimum Gasteiger partial charge on any atom is -0.399 e. The molecule has 0 aromatic heterocycles. The van der Waals surface area contributed by atoms with Gasteiger partial charge in [-0.1, -0.05) is 78.0 Å². The Kier molecular flexibility index (Phi) is 3.86. The molecule has 4 rings (SSSR count). The van der Waals surface area contributed by atoms with Crippen LogP contribution < -0.4 is 10.9 Å². The molecule has 2 N–H and O–H groups in total. The first-order valence-corrected chi connectivity index (χ1v) is 8.20. The number of oxime groups is 1. The number of allylic oxidation sites excluding steroid dienone is 4. The summed E-state index contributed by atoms with van der Waals surface area (Å²) in [5.74, 6) is 0. The zero-order valence-electron chi connectivity index (χ0n) is 13.9. The maximum absolute atomic E-state index is 4.79. The second kappa shape index (κ2) is 6.32. The number of hydrazine groups is 1. The molecule has 0 radical (unpaired) electrons. The lowest BCUT2D eigenvalue weighted by atomic mass is 9.71. The monoisotopic (exact) mass is 329 g/mol. The average Bonchev–Trinajstić information content (AvgIpc) is 3.09. The van der Waals surface area contributed by atoms with Crippen molar-refractivity contribution in [3.8, 4) is 0 Å². The van der Waals surface area contributed by atoms with Gasteiger partial charge in [0.25, 0.3) is 0 Å². The molecule has 124 valence electrons. The van der Waals surface area contributed by atoms with Crippen molar-refractivity contribution in [1.29, 1.82) is 0 Å². The molecule has 4 heteroatoms. The second-order valence-corrected chi connectivity index (χ2v) is 5.99. The van der Waals surface area contributed by atoms with Crippen LogP contribution in [0.15, 0.2) is 101 Å². The summed E-state index contributed by atoms with van der Waals surface area (Å²) in [7, 11) is 1.54. The molecule has 0 unspecified atom stereocenters. The Hall–Kier alpha value is -3.27. The molecule has 0 saturated heterocycles. The fourth-order valence-electron chi connectivity index (χ4n) is 3.36. The van der Waals surface area contributed by atoms with E-state index in [0.717, 1.165) is 17.0 Å². The van der Waals surface area contributed by atoms with Crippen LogP contribution in [0.5, 0.6) is 0 Å². The molecule has 0 saturated carbocycles. The molecule has 0 spiro atoms. The van der Waals surface area contributed by atoms with E-state index in [-0.39, 0.29) is 5.41 Å². The number of fused-ring (bicyclic) bond motifs is 1. The van der Waals surface area contributed by atoms with Gasteiger partial charge in [0.15, 0.2) is 0 Å². The predicted molar refractivity (Wildman–Crippen MR) is 99.7 cm³/mol. The summed E-state index contributed by atoms with van der Waals surface area (Å²) in [6, 6.07) is 21.1. The summed E-state index contributed by atoms with van der Waals surface area (Å²) in [6.45, 7) is 0. The van der Waals surface area contributed by atoms with E-state index in [1.807, 2.05) is 12.1 Å². The summed E-state index contributed by atoms with van der Waals surface area (Å²) in [6.07, 6.45) is 8.31. The summed E-state index contributed by atoms with van der Waals surface area (Å²) < 4.78 is 0. The van der Waals surface area contributed by atoms with Gasteiger partial charge in [0.05, 0.1) is 23.0 Å². The molecule has 0 amide bonds. The van der Waals surface area contributed by atoms with E-state index in [1.54, 1.807) is 6.21 Å². The Balaban J connectivity index is 1.86. The maximum Gasteiger partial charge on any atom is 0.106 e. The molecule has 2 aliphatic rings. The van der Waals surface area contributed by atoms with Gasteiger partial charge in [-0.2, -0.15) is 0 Å². The summed E-state index contributed by atoms with van der Waals surface area (Å²) >= 11 is 0. The number of nitrogens with zero attached hydrogens (tertiary/aromatic N) is 1. The maximum atomic E-state index is 4.79.